The summed E-state index contributed by atoms with van der Waals surface area (Å²) >= 11 is 2.22. The average Bonchev–Trinajstić information content (AvgIpc) is 3.13. The lowest BCUT2D eigenvalue weighted by atomic mass is 10.3. The Morgan fingerprint density at radius 3 is 2.76 bits per heavy atom. The van der Waals surface area contributed by atoms with Crippen LogP contribution in [-0.4, -0.2) is 29.5 Å². The van der Waals surface area contributed by atoms with Crippen molar-refractivity contribution in [2.45, 2.75) is 0 Å². The molecule has 0 N–H and O–H groups in total. The zero-order valence-corrected chi connectivity index (χ0v) is 12.9. The molecule has 0 aliphatic heterocycles. The number of rotatable bonds is 2. The van der Waals surface area contributed by atoms with Gasteiger partial charge in [0.25, 0.3) is 0 Å². The quantitative estimate of drug-likeness (QED) is 0.496. The van der Waals surface area contributed by atoms with E-state index in [9.17, 15) is 0 Å². The molecule has 102 valence electrons. The first kappa shape index (κ1) is 12.5. The summed E-state index contributed by atoms with van der Waals surface area (Å²) in [6.45, 7) is 0. The van der Waals surface area contributed by atoms with Crippen molar-refractivity contribution in [2.75, 3.05) is 0 Å². The predicted octanol–water partition coefficient (Wildman–Crippen LogP) is 2.61. The second-order valence-electron chi connectivity index (χ2n) is 4.49. The molecule has 0 saturated heterocycles. The van der Waals surface area contributed by atoms with Gasteiger partial charge in [0.15, 0.2) is 5.82 Å². The molecular formula is C14H9IN6. The second kappa shape index (κ2) is 4.92. The normalized spacial score (nSPS) is 11.1. The number of fused-ring (bicyclic) bond motifs is 1. The molecule has 4 aromatic heterocycles. The molecule has 0 aliphatic carbocycles. The number of hydrogen-bond acceptors (Lipinski definition) is 4. The van der Waals surface area contributed by atoms with Crippen molar-refractivity contribution < 1.29 is 0 Å². The van der Waals surface area contributed by atoms with E-state index in [-0.39, 0.29) is 0 Å². The van der Waals surface area contributed by atoms with Gasteiger partial charge in [-0.25, -0.2) is 14.3 Å². The van der Waals surface area contributed by atoms with E-state index in [2.05, 4.69) is 42.8 Å². The van der Waals surface area contributed by atoms with Crippen LogP contribution in [0.15, 0.2) is 55.4 Å². The molecule has 6 nitrogen and oxygen atoms in total. The van der Waals surface area contributed by atoms with E-state index in [1.165, 1.54) is 0 Å². The van der Waals surface area contributed by atoms with E-state index in [0.717, 1.165) is 26.0 Å². The van der Waals surface area contributed by atoms with Gasteiger partial charge >= 0.3 is 0 Å². The Morgan fingerprint density at radius 2 is 2.00 bits per heavy atom. The van der Waals surface area contributed by atoms with Crippen LogP contribution < -0.4 is 0 Å². The minimum absolute atomic E-state index is 0.774. The van der Waals surface area contributed by atoms with E-state index in [1.54, 1.807) is 34.2 Å². The molecule has 0 amide bonds. The lowest BCUT2D eigenvalue weighted by Gasteiger charge is -1.98. The van der Waals surface area contributed by atoms with Gasteiger partial charge in [0.2, 0.25) is 0 Å². The third-order valence-electron chi connectivity index (χ3n) is 3.07. The Kier molecular flexibility index (Phi) is 2.92. The predicted molar refractivity (Wildman–Crippen MR) is 86.5 cm³/mol. The lowest BCUT2D eigenvalue weighted by Crippen LogP contribution is -1.96. The van der Waals surface area contributed by atoms with Crippen LogP contribution in [0.4, 0.5) is 0 Å². The Balaban J connectivity index is 1.82. The van der Waals surface area contributed by atoms with Crippen LogP contribution in [0.5, 0.6) is 0 Å². The molecule has 0 unspecified atom stereocenters. The van der Waals surface area contributed by atoms with Crippen LogP contribution in [0.2, 0.25) is 0 Å². The molecule has 0 radical (unpaired) electrons. The zero-order valence-electron chi connectivity index (χ0n) is 10.8. The highest BCUT2D eigenvalue weighted by atomic mass is 127. The van der Waals surface area contributed by atoms with Gasteiger partial charge < -0.3 is 0 Å². The highest BCUT2D eigenvalue weighted by Gasteiger charge is 2.06. The summed E-state index contributed by atoms with van der Waals surface area (Å²) in [7, 11) is 0. The van der Waals surface area contributed by atoms with Gasteiger partial charge in [-0.05, 0) is 40.8 Å². The van der Waals surface area contributed by atoms with Gasteiger partial charge in [0.05, 0.1) is 27.8 Å². The molecule has 4 heterocycles. The third kappa shape index (κ3) is 2.29. The van der Waals surface area contributed by atoms with Gasteiger partial charge in [0, 0.05) is 24.0 Å². The van der Waals surface area contributed by atoms with Crippen LogP contribution in [-0.2, 0) is 0 Å². The van der Waals surface area contributed by atoms with Crippen molar-refractivity contribution in [3.63, 3.8) is 0 Å². The minimum atomic E-state index is 0.774. The van der Waals surface area contributed by atoms with Gasteiger partial charge in [0.1, 0.15) is 5.52 Å². The Hall–Kier alpha value is -2.29. The van der Waals surface area contributed by atoms with Crippen molar-refractivity contribution in [3.05, 3.63) is 59.0 Å². The molecule has 0 aliphatic rings. The number of pyridine rings is 2. The first-order valence-corrected chi connectivity index (χ1v) is 7.34. The zero-order chi connectivity index (χ0) is 14.2. The maximum Gasteiger partial charge on any atom is 0.154 e. The van der Waals surface area contributed by atoms with Crippen LogP contribution in [0.25, 0.3) is 22.4 Å². The van der Waals surface area contributed by atoms with E-state index in [1.807, 2.05) is 30.6 Å². The second-order valence-corrected chi connectivity index (χ2v) is 5.73. The molecule has 7 heteroatoms. The summed E-state index contributed by atoms with van der Waals surface area (Å²) in [5.74, 6) is 0.774. The van der Waals surface area contributed by atoms with E-state index < -0.39 is 0 Å². The summed E-state index contributed by atoms with van der Waals surface area (Å²) in [5.41, 5.74) is 1.76. The first-order valence-electron chi connectivity index (χ1n) is 6.26. The molecule has 0 aromatic carbocycles. The molecule has 4 rings (SSSR count). The van der Waals surface area contributed by atoms with E-state index in [0.29, 0.717) is 0 Å². The Morgan fingerprint density at radius 1 is 1.05 bits per heavy atom. The van der Waals surface area contributed by atoms with Gasteiger partial charge in [-0.3, -0.25) is 4.98 Å². The molecule has 0 saturated carbocycles. The molecule has 0 bridgehead atoms. The fraction of sp³-hybridized carbons (Fsp3) is 0. The summed E-state index contributed by atoms with van der Waals surface area (Å²) in [6, 6.07) is 5.82. The molecule has 0 spiro atoms. The van der Waals surface area contributed by atoms with Gasteiger partial charge in [-0.1, -0.05) is 0 Å². The van der Waals surface area contributed by atoms with Crippen molar-refractivity contribution in [1.82, 2.24) is 29.5 Å². The monoisotopic (exact) mass is 388 g/mol. The van der Waals surface area contributed by atoms with Crippen molar-refractivity contribution in [2.24, 2.45) is 0 Å². The van der Waals surface area contributed by atoms with E-state index >= 15 is 0 Å². The number of nitrogens with zero attached hydrogens (tertiary/aromatic N) is 6. The molecule has 4 aromatic rings. The molecule has 0 fully saturated rings. The van der Waals surface area contributed by atoms with Crippen molar-refractivity contribution >= 4 is 33.5 Å². The SMILES string of the molecule is Ic1cnn(-c2cc3cn(-c4cccnc4)nc3cn2)c1. The topological polar surface area (TPSA) is 61.4 Å². The van der Waals surface area contributed by atoms with E-state index in [4.69, 9.17) is 0 Å². The maximum absolute atomic E-state index is 4.51. The van der Waals surface area contributed by atoms with Crippen LogP contribution in [0, 0.1) is 3.57 Å². The highest BCUT2D eigenvalue weighted by molar-refractivity contribution is 14.1. The summed E-state index contributed by atoms with van der Waals surface area (Å²) in [6.07, 6.45) is 11.0. The molecule has 0 atom stereocenters. The first-order chi connectivity index (χ1) is 10.3. The number of aromatic nitrogens is 6. The number of hydrogen-bond donors (Lipinski definition) is 0. The lowest BCUT2D eigenvalue weighted by molar-refractivity contribution is 0.848. The Bertz CT molecular complexity index is 912. The fourth-order valence-corrected chi connectivity index (χ4v) is 2.48. The van der Waals surface area contributed by atoms with Crippen molar-refractivity contribution in [1.29, 1.82) is 0 Å². The smallest absolute Gasteiger partial charge is 0.154 e. The standard InChI is InChI=1S/C14H9IN6/c15-11-5-18-21(9-11)14-4-10-8-20(19-13(10)7-17-14)12-2-1-3-16-6-12/h1-9H. The van der Waals surface area contributed by atoms with Gasteiger partial charge in [-0.15, -0.1) is 0 Å². The van der Waals surface area contributed by atoms with Crippen LogP contribution in [0.3, 0.4) is 0 Å². The molecule has 21 heavy (non-hydrogen) atoms. The third-order valence-corrected chi connectivity index (χ3v) is 3.63. The fourth-order valence-electron chi connectivity index (χ4n) is 2.09. The highest BCUT2D eigenvalue weighted by Crippen LogP contribution is 2.17. The molecular weight excluding hydrogens is 379 g/mol. The largest absolute Gasteiger partial charge is 0.262 e. The van der Waals surface area contributed by atoms with Crippen LogP contribution in [0.1, 0.15) is 0 Å². The van der Waals surface area contributed by atoms with Gasteiger partial charge in [-0.2, -0.15) is 10.2 Å². The summed E-state index contributed by atoms with van der Waals surface area (Å²) in [4.78, 5) is 8.51. The minimum Gasteiger partial charge on any atom is -0.262 e. The Labute approximate surface area is 133 Å². The summed E-state index contributed by atoms with van der Waals surface area (Å²) < 4.78 is 4.62. The summed E-state index contributed by atoms with van der Waals surface area (Å²) in [5, 5.41) is 9.78. The maximum atomic E-state index is 4.51. The van der Waals surface area contributed by atoms with Crippen molar-refractivity contribution in [3.8, 4) is 11.5 Å². The average molecular weight is 388 g/mol. The number of halogens is 1. The van der Waals surface area contributed by atoms with Crippen LogP contribution >= 0.6 is 22.6 Å².